The SMILES string of the molecule is OC1CNCC1CNCc1ccc(Br)cc1C(F)(F)F. The first kappa shape index (κ1) is 15.8. The maximum absolute atomic E-state index is 12.9. The van der Waals surface area contributed by atoms with Crippen LogP contribution in [0.25, 0.3) is 0 Å². The third kappa shape index (κ3) is 3.94. The van der Waals surface area contributed by atoms with E-state index in [1.54, 1.807) is 6.07 Å². The van der Waals surface area contributed by atoms with Crippen LogP contribution in [-0.4, -0.2) is 30.8 Å². The number of halogens is 4. The number of nitrogens with one attached hydrogen (secondary N) is 2. The van der Waals surface area contributed by atoms with Crippen LogP contribution >= 0.6 is 15.9 Å². The van der Waals surface area contributed by atoms with Gasteiger partial charge in [0.2, 0.25) is 0 Å². The molecule has 1 aliphatic heterocycles. The maximum atomic E-state index is 12.9. The summed E-state index contributed by atoms with van der Waals surface area (Å²) in [4.78, 5) is 0. The molecule has 1 aromatic carbocycles. The summed E-state index contributed by atoms with van der Waals surface area (Å²) in [6, 6.07) is 4.14. The van der Waals surface area contributed by atoms with Gasteiger partial charge in [0.05, 0.1) is 11.7 Å². The zero-order valence-corrected chi connectivity index (χ0v) is 12.3. The van der Waals surface area contributed by atoms with E-state index < -0.39 is 17.8 Å². The fourth-order valence-electron chi connectivity index (χ4n) is 2.29. The van der Waals surface area contributed by atoms with Crippen molar-refractivity contribution in [2.75, 3.05) is 19.6 Å². The molecule has 0 aromatic heterocycles. The summed E-state index contributed by atoms with van der Waals surface area (Å²) in [5.74, 6) is 0.0415. The number of aliphatic hydroxyl groups excluding tert-OH is 1. The van der Waals surface area contributed by atoms with Crippen LogP contribution in [0.1, 0.15) is 11.1 Å². The third-order valence-electron chi connectivity index (χ3n) is 3.40. The van der Waals surface area contributed by atoms with Gasteiger partial charge < -0.3 is 15.7 Å². The van der Waals surface area contributed by atoms with Crippen molar-refractivity contribution in [1.82, 2.24) is 10.6 Å². The van der Waals surface area contributed by atoms with Crippen molar-refractivity contribution in [2.45, 2.75) is 18.8 Å². The quantitative estimate of drug-likeness (QED) is 0.777. The molecule has 112 valence electrons. The van der Waals surface area contributed by atoms with Gasteiger partial charge in [-0.25, -0.2) is 0 Å². The Labute approximate surface area is 123 Å². The number of β-amino-alcohol motifs (C(OH)–C–C–N with tert-alkyl or cyclic N) is 1. The van der Waals surface area contributed by atoms with E-state index in [0.29, 0.717) is 24.1 Å². The third-order valence-corrected chi connectivity index (χ3v) is 3.90. The highest BCUT2D eigenvalue weighted by Crippen LogP contribution is 2.33. The predicted octanol–water partition coefficient (Wildman–Crippen LogP) is 2.14. The van der Waals surface area contributed by atoms with Crippen LogP contribution < -0.4 is 10.6 Å². The standard InChI is InChI=1S/C13H16BrF3N2O/c14-10-2-1-8(11(3-10)13(15,16)17)4-18-5-9-6-19-7-12(9)20/h1-3,9,12,18-20H,4-7H2. The number of rotatable bonds is 4. The number of hydrogen-bond donors (Lipinski definition) is 3. The summed E-state index contributed by atoms with van der Waals surface area (Å²) in [5, 5.41) is 15.6. The van der Waals surface area contributed by atoms with Crippen molar-refractivity contribution in [3.63, 3.8) is 0 Å². The van der Waals surface area contributed by atoms with Crippen molar-refractivity contribution in [1.29, 1.82) is 0 Å². The van der Waals surface area contributed by atoms with E-state index in [1.807, 2.05) is 0 Å². The van der Waals surface area contributed by atoms with Gasteiger partial charge in [-0.15, -0.1) is 0 Å². The summed E-state index contributed by atoms with van der Waals surface area (Å²) in [7, 11) is 0. The maximum Gasteiger partial charge on any atom is 0.416 e. The van der Waals surface area contributed by atoms with Crippen molar-refractivity contribution in [3.05, 3.63) is 33.8 Å². The summed E-state index contributed by atoms with van der Waals surface area (Å²) in [6.07, 6.45) is -4.80. The molecule has 1 aromatic rings. The molecular weight excluding hydrogens is 337 g/mol. The molecule has 20 heavy (non-hydrogen) atoms. The lowest BCUT2D eigenvalue weighted by Crippen LogP contribution is -2.30. The first-order chi connectivity index (χ1) is 9.38. The molecule has 0 spiro atoms. The summed E-state index contributed by atoms with van der Waals surface area (Å²) < 4.78 is 39.2. The lowest BCUT2D eigenvalue weighted by Gasteiger charge is -2.17. The van der Waals surface area contributed by atoms with E-state index >= 15 is 0 Å². The minimum absolute atomic E-state index is 0.0415. The molecule has 1 saturated heterocycles. The molecule has 0 bridgehead atoms. The highest BCUT2D eigenvalue weighted by molar-refractivity contribution is 9.10. The van der Waals surface area contributed by atoms with Crippen molar-refractivity contribution >= 4 is 15.9 Å². The van der Waals surface area contributed by atoms with Gasteiger partial charge >= 0.3 is 6.18 Å². The fourth-order valence-corrected chi connectivity index (χ4v) is 2.65. The number of benzene rings is 1. The molecule has 1 heterocycles. The Morgan fingerprint density at radius 1 is 1.35 bits per heavy atom. The van der Waals surface area contributed by atoms with E-state index in [-0.39, 0.29) is 18.0 Å². The van der Waals surface area contributed by atoms with Crippen LogP contribution in [0.3, 0.4) is 0 Å². The zero-order chi connectivity index (χ0) is 14.8. The van der Waals surface area contributed by atoms with Gasteiger partial charge in [-0.1, -0.05) is 22.0 Å². The Bertz CT molecular complexity index is 467. The molecule has 0 radical (unpaired) electrons. The predicted molar refractivity (Wildman–Crippen MR) is 73.2 cm³/mol. The molecule has 3 N–H and O–H groups in total. The van der Waals surface area contributed by atoms with Crippen LogP contribution in [0.15, 0.2) is 22.7 Å². The minimum Gasteiger partial charge on any atom is -0.391 e. The molecular formula is C13H16BrF3N2O. The summed E-state index contributed by atoms with van der Waals surface area (Å²) in [5.41, 5.74) is -0.425. The summed E-state index contributed by atoms with van der Waals surface area (Å²) >= 11 is 3.06. The van der Waals surface area contributed by atoms with E-state index in [2.05, 4.69) is 26.6 Å². The monoisotopic (exact) mass is 352 g/mol. The van der Waals surface area contributed by atoms with Gasteiger partial charge in [-0.2, -0.15) is 13.2 Å². The molecule has 1 fully saturated rings. The normalized spacial score (nSPS) is 23.2. The average Bonchev–Trinajstić information content (AvgIpc) is 2.76. The minimum atomic E-state index is -4.37. The second-order valence-corrected chi connectivity index (χ2v) is 5.83. The first-order valence-corrected chi connectivity index (χ1v) is 7.12. The van der Waals surface area contributed by atoms with Crippen molar-refractivity contribution < 1.29 is 18.3 Å². The van der Waals surface area contributed by atoms with Crippen LogP contribution in [0.5, 0.6) is 0 Å². The topological polar surface area (TPSA) is 44.3 Å². The Balaban J connectivity index is 1.99. The molecule has 3 nitrogen and oxygen atoms in total. The van der Waals surface area contributed by atoms with Gasteiger partial charge in [0, 0.05) is 36.6 Å². The smallest absolute Gasteiger partial charge is 0.391 e. The van der Waals surface area contributed by atoms with Gasteiger partial charge in [0.1, 0.15) is 0 Å². The van der Waals surface area contributed by atoms with E-state index in [1.165, 1.54) is 6.07 Å². The highest BCUT2D eigenvalue weighted by Gasteiger charge is 2.33. The Morgan fingerprint density at radius 3 is 2.70 bits per heavy atom. The fraction of sp³-hybridized carbons (Fsp3) is 0.538. The van der Waals surface area contributed by atoms with Crippen LogP contribution in [0, 0.1) is 5.92 Å². The van der Waals surface area contributed by atoms with E-state index in [4.69, 9.17) is 0 Å². The van der Waals surface area contributed by atoms with Gasteiger partial charge in [-0.3, -0.25) is 0 Å². The number of aliphatic hydroxyl groups is 1. The van der Waals surface area contributed by atoms with E-state index in [9.17, 15) is 18.3 Å². The zero-order valence-electron chi connectivity index (χ0n) is 10.7. The van der Waals surface area contributed by atoms with Crippen molar-refractivity contribution in [2.24, 2.45) is 5.92 Å². The second kappa shape index (κ2) is 6.43. The van der Waals surface area contributed by atoms with Crippen LogP contribution in [0.2, 0.25) is 0 Å². The van der Waals surface area contributed by atoms with Gasteiger partial charge in [0.15, 0.2) is 0 Å². The molecule has 0 amide bonds. The molecule has 2 atom stereocenters. The molecule has 2 unspecified atom stereocenters. The number of hydrogen-bond acceptors (Lipinski definition) is 3. The summed E-state index contributed by atoms with van der Waals surface area (Å²) in [6.45, 7) is 1.84. The Kier molecular flexibility index (Phi) is 5.06. The van der Waals surface area contributed by atoms with Gasteiger partial charge in [-0.05, 0) is 17.7 Å². The van der Waals surface area contributed by atoms with Gasteiger partial charge in [0.25, 0.3) is 0 Å². The molecule has 2 rings (SSSR count). The Morgan fingerprint density at radius 2 is 2.10 bits per heavy atom. The molecule has 0 saturated carbocycles. The highest BCUT2D eigenvalue weighted by atomic mass is 79.9. The molecule has 1 aliphatic rings. The Hall–Kier alpha value is -0.630. The largest absolute Gasteiger partial charge is 0.416 e. The second-order valence-electron chi connectivity index (χ2n) is 4.92. The van der Waals surface area contributed by atoms with Crippen molar-refractivity contribution in [3.8, 4) is 0 Å². The molecule has 0 aliphatic carbocycles. The lowest BCUT2D eigenvalue weighted by atomic mass is 10.0. The first-order valence-electron chi connectivity index (χ1n) is 6.33. The van der Waals surface area contributed by atoms with E-state index in [0.717, 1.165) is 6.07 Å². The number of alkyl halides is 3. The lowest BCUT2D eigenvalue weighted by molar-refractivity contribution is -0.138. The molecule has 7 heteroatoms. The van der Waals surface area contributed by atoms with Crippen LogP contribution in [-0.2, 0) is 12.7 Å². The average molecular weight is 353 g/mol. The van der Waals surface area contributed by atoms with Crippen LogP contribution in [0.4, 0.5) is 13.2 Å².